The number of nitrogens with one attached hydrogen (secondary N) is 1. The number of rotatable bonds is 6. The third-order valence-corrected chi connectivity index (χ3v) is 5.82. The number of hydrogen-bond acceptors (Lipinski definition) is 4. The Morgan fingerprint density at radius 1 is 0.667 bits per heavy atom. The number of fused-ring (bicyclic) bond motifs is 1. The van der Waals surface area contributed by atoms with Crippen LogP contribution in [0, 0.1) is 0 Å². The van der Waals surface area contributed by atoms with E-state index in [1.165, 1.54) is 24.3 Å². The summed E-state index contributed by atoms with van der Waals surface area (Å²) in [5.41, 5.74) is 3.18. The third kappa shape index (κ3) is 4.48. The number of nitrogens with zero attached hydrogens (tertiary/aromatic N) is 1. The average Bonchev–Trinajstić information content (AvgIpc) is 3.18. The molecule has 0 unspecified atom stereocenters. The predicted octanol–water partition coefficient (Wildman–Crippen LogP) is 5.64. The molecule has 0 bridgehead atoms. The van der Waals surface area contributed by atoms with E-state index in [0.29, 0.717) is 16.9 Å². The quantitative estimate of drug-likeness (QED) is 0.224. The molecular weight excluding hydrogens is 452 g/mol. The summed E-state index contributed by atoms with van der Waals surface area (Å²) >= 11 is 0. The van der Waals surface area contributed by atoms with Gasteiger partial charge < -0.3 is 5.32 Å². The maximum Gasteiger partial charge on any atom is 0.266 e. The highest BCUT2D eigenvalue weighted by Crippen LogP contribution is 2.29. The minimum Gasteiger partial charge on any atom is -0.322 e. The Kier molecular flexibility index (Phi) is 6.07. The van der Waals surface area contributed by atoms with Gasteiger partial charge in [0, 0.05) is 16.8 Å². The van der Waals surface area contributed by atoms with Gasteiger partial charge in [-0.2, -0.15) is 0 Å². The van der Waals surface area contributed by atoms with Crippen molar-refractivity contribution < 1.29 is 19.2 Å². The highest BCUT2D eigenvalue weighted by Gasteiger charge is 2.37. The van der Waals surface area contributed by atoms with E-state index in [0.717, 1.165) is 10.5 Å². The summed E-state index contributed by atoms with van der Waals surface area (Å²) in [4.78, 5) is 51.9. The Balaban J connectivity index is 1.27. The average molecular weight is 473 g/mol. The second kappa shape index (κ2) is 9.64. The van der Waals surface area contributed by atoms with E-state index in [4.69, 9.17) is 0 Å². The van der Waals surface area contributed by atoms with Crippen molar-refractivity contribution in [3.63, 3.8) is 0 Å². The van der Waals surface area contributed by atoms with Crippen LogP contribution in [0.25, 0.3) is 6.08 Å². The Morgan fingerprint density at radius 2 is 1.31 bits per heavy atom. The lowest BCUT2D eigenvalue weighted by molar-refractivity contribution is 0.0924. The number of imide groups is 1. The van der Waals surface area contributed by atoms with E-state index in [-0.39, 0.29) is 22.5 Å². The molecule has 0 fully saturated rings. The Bertz CT molecular complexity index is 1510. The van der Waals surface area contributed by atoms with Gasteiger partial charge in [-0.25, -0.2) is 4.90 Å². The minimum atomic E-state index is -0.461. The molecule has 1 aliphatic rings. The van der Waals surface area contributed by atoms with E-state index in [1.54, 1.807) is 72.8 Å². The van der Waals surface area contributed by atoms with Crippen molar-refractivity contribution in [2.24, 2.45) is 0 Å². The van der Waals surface area contributed by atoms with Crippen LogP contribution in [0.4, 0.5) is 11.4 Å². The van der Waals surface area contributed by atoms with E-state index in [9.17, 15) is 19.2 Å². The number of anilines is 2. The van der Waals surface area contributed by atoms with Gasteiger partial charge in [0.1, 0.15) is 0 Å². The predicted molar refractivity (Wildman–Crippen MR) is 138 cm³/mol. The zero-order chi connectivity index (χ0) is 25.1. The molecular formula is C30H20N2O4. The highest BCUT2D eigenvalue weighted by molar-refractivity contribution is 6.34. The summed E-state index contributed by atoms with van der Waals surface area (Å²) in [6.45, 7) is 0. The molecule has 0 aliphatic carbocycles. The molecule has 0 saturated heterocycles. The lowest BCUT2D eigenvalue weighted by Crippen LogP contribution is -2.29. The molecule has 174 valence electrons. The second-order valence-corrected chi connectivity index (χ2v) is 8.18. The minimum absolute atomic E-state index is 0.0940. The van der Waals surface area contributed by atoms with E-state index in [1.807, 2.05) is 18.2 Å². The number of allylic oxidation sites excluding steroid dienone is 1. The molecule has 1 heterocycles. The third-order valence-electron chi connectivity index (χ3n) is 5.82. The fourth-order valence-electron chi connectivity index (χ4n) is 3.95. The molecule has 36 heavy (non-hydrogen) atoms. The molecule has 5 rings (SSSR count). The summed E-state index contributed by atoms with van der Waals surface area (Å²) in [6.07, 6.45) is 3.22. The smallest absolute Gasteiger partial charge is 0.266 e. The van der Waals surface area contributed by atoms with Gasteiger partial charge in [-0.05, 0) is 54.1 Å². The first-order valence-electron chi connectivity index (χ1n) is 11.3. The summed E-state index contributed by atoms with van der Waals surface area (Å²) in [5.74, 6) is -1.37. The molecule has 0 atom stereocenters. The first-order valence-corrected chi connectivity index (χ1v) is 11.3. The van der Waals surface area contributed by atoms with Crippen molar-refractivity contribution >= 4 is 41.0 Å². The molecule has 4 aromatic carbocycles. The van der Waals surface area contributed by atoms with Crippen LogP contribution < -0.4 is 10.2 Å². The van der Waals surface area contributed by atoms with Gasteiger partial charge in [-0.3, -0.25) is 19.2 Å². The van der Waals surface area contributed by atoms with Crippen LogP contribution in [0.15, 0.2) is 109 Å². The Hall–Kier alpha value is -5.10. The molecule has 0 aromatic heterocycles. The maximum absolute atomic E-state index is 12.9. The van der Waals surface area contributed by atoms with Crippen molar-refractivity contribution in [2.45, 2.75) is 0 Å². The largest absolute Gasteiger partial charge is 0.322 e. The number of amides is 3. The first kappa shape index (κ1) is 22.7. The van der Waals surface area contributed by atoms with E-state index < -0.39 is 17.7 Å². The van der Waals surface area contributed by atoms with Crippen molar-refractivity contribution in [3.8, 4) is 0 Å². The van der Waals surface area contributed by atoms with Gasteiger partial charge in [0.2, 0.25) is 0 Å². The highest BCUT2D eigenvalue weighted by atomic mass is 16.2. The molecule has 0 radical (unpaired) electrons. The lowest BCUT2D eigenvalue weighted by atomic mass is 10.1. The zero-order valence-corrected chi connectivity index (χ0v) is 19.0. The number of carbonyl (C=O) groups excluding carboxylic acids is 4. The SMILES string of the molecule is O=C(/C=C/c1ccc(NC(=O)c2ccc3c(c2)C(=O)N(c2ccccc2)C3=O)cc1)c1ccccc1. The van der Waals surface area contributed by atoms with Gasteiger partial charge >= 0.3 is 0 Å². The second-order valence-electron chi connectivity index (χ2n) is 8.18. The van der Waals surface area contributed by atoms with Crippen LogP contribution in [0.1, 0.15) is 47.0 Å². The van der Waals surface area contributed by atoms with Crippen LogP contribution in [-0.2, 0) is 0 Å². The molecule has 6 nitrogen and oxygen atoms in total. The van der Waals surface area contributed by atoms with Crippen LogP contribution >= 0.6 is 0 Å². The molecule has 6 heteroatoms. The number of ketones is 1. The number of carbonyl (C=O) groups is 4. The molecule has 3 amide bonds. The fourth-order valence-corrected chi connectivity index (χ4v) is 3.95. The molecule has 0 spiro atoms. The standard InChI is InChI=1S/C30H20N2O4/c33-27(21-7-3-1-4-8-21)18-13-20-11-15-23(16-12-20)31-28(34)22-14-17-25-26(19-22)30(36)32(29(25)35)24-9-5-2-6-10-24/h1-19H,(H,31,34)/b18-13+. The lowest BCUT2D eigenvalue weighted by Gasteiger charge is -2.13. The summed E-state index contributed by atoms with van der Waals surface area (Å²) in [6, 6.07) is 29.2. The molecule has 1 aliphatic heterocycles. The van der Waals surface area contributed by atoms with Crippen molar-refractivity contribution in [1.82, 2.24) is 0 Å². The van der Waals surface area contributed by atoms with Crippen LogP contribution in [0.5, 0.6) is 0 Å². The monoisotopic (exact) mass is 472 g/mol. The van der Waals surface area contributed by atoms with Crippen LogP contribution in [0.2, 0.25) is 0 Å². The molecule has 1 N–H and O–H groups in total. The number of benzene rings is 4. The Morgan fingerprint density at radius 3 is 2.00 bits per heavy atom. The van der Waals surface area contributed by atoms with Crippen molar-refractivity contribution in [3.05, 3.63) is 137 Å². The molecule has 4 aromatic rings. The van der Waals surface area contributed by atoms with Gasteiger partial charge in [0.15, 0.2) is 5.78 Å². The van der Waals surface area contributed by atoms with Gasteiger partial charge in [0.05, 0.1) is 16.8 Å². The van der Waals surface area contributed by atoms with Crippen LogP contribution in [0.3, 0.4) is 0 Å². The maximum atomic E-state index is 12.9. The number of hydrogen-bond donors (Lipinski definition) is 1. The van der Waals surface area contributed by atoms with E-state index in [2.05, 4.69) is 5.32 Å². The topological polar surface area (TPSA) is 83.6 Å². The molecule has 0 saturated carbocycles. The summed E-state index contributed by atoms with van der Waals surface area (Å²) < 4.78 is 0. The fraction of sp³-hybridized carbons (Fsp3) is 0. The first-order chi connectivity index (χ1) is 17.5. The zero-order valence-electron chi connectivity index (χ0n) is 19.0. The van der Waals surface area contributed by atoms with Gasteiger partial charge in [0.25, 0.3) is 17.7 Å². The summed E-state index contributed by atoms with van der Waals surface area (Å²) in [5, 5.41) is 2.80. The number of para-hydroxylation sites is 1. The van der Waals surface area contributed by atoms with Gasteiger partial charge in [-0.1, -0.05) is 66.7 Å². The van der Waals surface area contributed by atoms with Gasteiger partial charge in [-0.15, -0.1) is 0 Å². The van der Waals surface area contributed by atoms with Crippen molar-refractivity contribution in [2.75, 3.05) is 10.2 Å². The Labute approximate surface area is 207 Å². The summed E-state index contributed by atoms with van der Waals surface area (Å²) in [7, 11) is 0. The van der Waals surface area contributed by atoms with E-state index >= 15 is 0 Å². The van der Waals surface area contributed by atoms with Crippen molar-refractivity contribution in [1.29, 1.82) is 0 Å². The normalized spacial score (nSPS) is 12.6. The van der Waals surface area contributed by atoms with Crippen LogP contribution in [-0.4, -0.2) is 23.5 Å².